The summed E-state index contributed by atoms with van der Waals surface area (Å²) in [5.41, 5.74) is 1.77. The van der Waals surface area contributed by atoms with Crippen LogP contribution in [0, 0.1) is 5.92 Å². The van der Waals surface area contributed by atoms with Crippen LogP contribution in [0.3, 0.4) is 0 Å². The number of nitrogens with one attached hydrogen (secondary N) is 1. The highest BCUT2D eigenvalue weighted by Crippen LogP contribution is 2.28. The van der Waals surface area contributed by atoms with Crippen LogP contribution >= 0.6 is 0 Å². The molecule has 2 rings (SSSR count). The summed E-state index contributed by atoms with van der Waals surface area (Å²) < 4.78 is 0. The molecule has 1 aromatic rings. The minimum atomic E-state index is 0.165. The third-order valence-electron chi connectivity index (χ3n) is 4.10. The van der Waals surface area contributed by atoms with Crippen LogP contribution in [0.5, 0.6) is 0 Å². The zero-order valence-electron chi connectivity index (χ0n) is 12.7. The maximum atomic E-state index is 12.7. The van der Waals surface area contributed by atoms with E-state index < -0.39 is 0 Å². The van der Waals surface area contributed by atoms with Crippen molar-refractivity contribution in [3.8, 4) is 0 Å². The van der Waals surface area contributed by atoms with Crippen LogP contribution in [-0.2, 0) is 0 Å². The molecule has 3 heteroatoms. The molecule has 1 N–H and O–H groups in total. The van der Waals surface area contributed by atoms with Gasteiger partial charge in [-0.15, -0.1) is 0 Å². The lowest BCUT2D eigenvalue weighted by molar-refractivity contribution is 0.0707. The predicted molar refractivity (Wildman–Crippen MR) is 84.1 cm³/mol. The van der Waals surface area contributed by atoms with E-state index in [0.29, 0.717) is 0 Å². The molecule has 0 atom stereocenters. The van der Waals surface area contributed by atoms with Gasteiger partial charge in [0.15, 0.2) is 0 Å². The van der Waals surface area contributed by atoms with Gasteiger partial charge in [-0.2, -0.15) is 0 Å². The van der Waals surface area contributed by atoms with Gasteiger partial charge in [-0.3, -0.25) is 4.79 Å². The Morgan fingerprint density at radius 1 is 1.30 bits per heavy atom. The van der Waals surface area contributed by atoms with Gasteiger partial charge in [-0.05, 0) is 44.2 Å². The van der Waals surface area contributed by atoms with Gasteiger partial charge in [0.05, 0.1) is 5.56 Å². The highest BCUT2D eigenvalue weighted by Gasteiger charge is 2.24. The van der Waals surface area contributed by atoms with Crippen molar-refractivity contribution >= 4 is 11.6 Å². The van der Waals surface area contributed by atoms with Crippen LogP contribution in [0.4, 0.5) is 5.69 Å². The molecule has 20 heavy (non-hydrogen) atoms. The SMILES string of the molecule is CCCNc1ccccc1C(=O)N(CC)CC1CCC1. The molecule has 1 amide bonds. The van der Waals surface area contributed by atoms with E-state index in [4.69, 9.17) is 0 Å². The van der Waals surface area contributed by atoms with E-state index in [1.54, 1.807) is 0 Å². The molecule has 0 bridgehead atoms. The Morgan fingerprint density at radius 2 is 2.05 bits per heavy atom. The molecule has 1 aromatic carbocycles. The average Bonchev–Trinajstić information content (AvgIpc) is 2.44. The van der Waals surface area contributed by atoms with Crippen molar-refractivity contribution in [3.63, 3.8) is 0 Å². The summed E-state index contributed by atoms with van der Waals surface area (Å²) in [4.78, 5) is 14.7. The monoisotopic (exact) mass is 274 g/mol. The van der Waals surface area contributed by atoms with E-state index in [1.165, 1.54) is 19.3 Å². The Bertz CT molecular complexity index is 440. The number of carbonyl (C=O) groups excluding carboxylic acids is 1. The first-order valence-electron chi connectivity index (χ1n) is 7.88. The fraction of sp³-hybridized carbons (Fsp3) is 0.588. The number of para-hydroxylation sites is 1. The van der Waals surface area contributed by atoms with Crippen LogP contribution in [-0.4, -0.2) is 30.4 Å². The lowest BCUT2D eigenvalue weighted by atomic mass is 9.85. The third-order valence-corrected chi connectivity index (χ3v) is 4.10. The number of hydrogen-bond acceptors (Lipinski definition) is 2. The number of carbonyl (C=O) groups is 1. The van der Waals surface area contributed by atoms with Gasteiger partial charge < -0.3 is 10.2 Å². The Balaban J connectivity index is 2.09. The van der Waals surface area contributed by atoms with Crippen LogP contribution < -0.4 is 5.32 Å². The van der Waals surface area contributed by atoms with Gasteiger partial charge in [0.25, 0.3) is 5.91 Å². The Labute approximate surface area is 122 Å². The summed E-state index contributed by atoms with van der Waals surface area (Å²) in [6.45, 7) is 6.80. The number of hydrogen-bond donors (Lipinski definition) is 1. The van der Waals surface area contributed by atoms with Gasteiger partial charge in [-0.25, -0.2) is 0 Å². The Hall–Kier alpha value is -1.51. The standard InChI is InChI=1S/C17H26N2O/c1-3-12-18-16-11-6-5-10-15(16)17(20)19(4-2)13-14-8-7-9-14/h5-6,10-11,14,18H,3-4,7-9,12-13H2,1-2H3. The molecule has 0 saturated heterocycles. The molecule has 3 nitrogen and oxygen atoms in total. The van der Waals surface area contributed by atoms with E-state index in [-0.39, 0.29) is 5.91 Å². The maximum Gasteiger partial charge on any atom is 0.255 e. The van der Waals surface area contributed by atoms with E-state index in [0.717, 1.165) is 43.2 Å². The molecule has 0 unspecified atom stereocenters. The van der Waals surface area contributed by atoms with E-state index in [1.807, 2.05) is 29.2 Å². The highest BCUT2D eigenvalue weighted by molar-refractivity contribution is 5.99. The minimum Gasteiger partial charge on any atom is -0.384 e. The van der Waals surface area contributed by atoms with E-state index in [2.05, 4.69) is 19.2 Å². The van der Waals surface area contributed by atoms with Gasteiger partial charge in [0.2, 0.25) is 0 Å². The minimum absolute atomic E-state index is 0.165. The first kappa shape index (κ1) is 14.9. The molecule has 1 saturated carbocycles. The molecule has 0 heterocycles. The van der Waals surface area contributed by atoms with Crippen molar-refractivity contribution in [2.24, 2.45) is 5.92 Å². The van der Waals surface area contributed by atoms with Gasteiger partial charge in [0.1, 0.15) is 0 Å². The van der Waals surface area contributed by atoms with Crippen molar-refractivity contribution in [2.75, 3.05) is 25.0 Å². The summed E-state index contributed by atoms with van der Waals surface area (Å²) in [6.07, 6.45) is 4.94. The fourth-order valence-corrected chi connectivity index (χ4v) is 2.60. The maximum absolute atomic E-state index is 12.7. The van der Waals surface area contributed by atoms with Crippen molar-refractivity contribution < 1.29 is 4.79 Å². The first-order valence-corrected chi connectivity index (χ1v) is 7.88. The van der Waals surface area contributed by atoms with Crippen LogP contribution in [0.15, 0.2) is 24.3 Å². The number of amides is 1. The molecule has 0 aromatic heterocycles. The van der Waals surface area contributed by atoms with Crippen molar-refractivity contribution in [1.82, 2.24) is 4.90 Å². The second-order valence-corrected chi connectivity index (χ2v) is 5.61. The summed E-state index contributed by atoms with van der Waals surface area (Å²) in [7, 11) is 0. The average molecular weight is 274 g/mol. The molecule has 0 radical (unpaired) electrons. The van der Waals surface area contributed by atoms with Crippen LogP contribution in [0.25, 0.3) is 0 Å². The molecule has 1 fully saturated rings. The van der Waals surface area contributed by atoms with Gasteiger partial charge in [0, 0.05) is 25.3 Å². The third kappa shape index (κ3) is 3.53. The molecule has 1 aliphatic rings. The fourth-order valence-electron chi connectivity index (χ4n) is 2.60. The van der Waals surface area contributed by atoms with E-state index >= 15 is 0 Å². The summed E-state index contributed by atoms with van der Waals surface area (Å²) in [5, 5.41) is 3.36. The normalized spacial score (nSPS) is 14.7. The number of rotatable bonds is 7. The van der Waals surface area contributed by atoms with Gasteiger partial charge in [-0.1, -0.05) is 25.5 Å². The first-order chi connectivity index (χ1) is 9.76. The van der Waals surface area contributed by atoms with Crippen LogP contribution in [0.1, 0.15) is 49.9 Å². The zero-order chi connectivity index (χ0) is 14.4. The van der Waals surface area contributed by atoms with Crippen LogP contribution in [0.2, 0.25) is 0 Å². The predicted octanol–water partition coefficient (Wildman–Crippen LogP) is 3.77. The zero-order valence-corrected chi connectivity index (χ0v) is 12.7. The van der Waals surface area contributed by atoms with Gasteiger partial charge >= 0.3 is 0 Å². The smallest absolute Gasteiger partial charge is 0.255 e. The second kappa shape index (κ2) is 7.32. The molecule has 0 aliphatic heterocycles. The van der Waals surface area contributed by atoms with Crippen molar-refractivity contribution in [3.05, 3.63) is 29.8 Å². The van der Waals surface area contributed by atoms with Crippen molar-refractivity contribution in [1.29, 1.82) is 0 Å². The molecule has 110 valence electrons. The quantitative estimate of drug-likeness (QED) is 0.821. The largest absolute Gasteiger partial charge is 0.384 e. The topological polar surface area (TPSA) is 32.3 Å². The summed E-state index contributed by atoms with van der Waals surface area (Å²) >= 11 is 0. The Kier molecular flexibility index (Phi) is 5.45. The number of nitrogens with zero attached hydrogens (tertiary/aromatic N) is 1. The molecule has 1 aliphatic carbocycles. The van der Waals surface area contributed by atoms with Crippen molar-refractivity contribution in [2.45, 2.75) is 39.5 Å². The lowest BCUT2D eigenvalue weighted by Gasteiger charge is -2.32. The molecular weight excluding hydrogens is 248 g/mol. The Morgan fingerprint density at radius 3 is 2.65 bits per heavy atom. The summed E-state index contributed by atoms with van der Waals surface area (Å²) in [5.74, 6) is 0.883. The lowest BCUT2D eigenvalue weighted by Crippen LogP contribution is -2.37. The molecule has 0 spiro atoms. The number of anilines is 1. The highest BCUT2D eigenvalue weighted by atomic mass is 16.2. The summed E-state index contributed by atoms with van der Waals surface area (Å²) in [6, 6.07) is 7.86. The second-order valence-electron chi connectivity index (χ2n) is 5.61. The number of benzene rings is 1. The van der Waals surface area contributed by atoms with E-state index in [9.17, 15) is 4.79 Å². The molecular formula is C17H26N2O.